The lowest BCUT2D eigenvalue weighted by atomic mass is 10.2. The second kappa shape index (κ2) is 12.0. The largest absolute Gasteiger partial charge is 0.493 e. The van der Waals surface area contributed by atoms with Crippen molar-refractivity contribution in [3.8, 4) is 17.2 Å². The number of amides is 1. The quantitative estimate of drug-likeness (QED) is 0.287. The number of nitrogens with zero attached hydrogens (tertiary/aromatic N) is 5. The number of piperazine rings is 1. The first-order valence-corrected chi connectivity index (χ1v) is 13.6. The van der Waals surface area contributed by atoms with Crippen LogP contribution in [0.25, 0.3) is 5.69 Å². The molecule has 38 heavy (non-hydrogen) atoms. The van der Waals surface area contributed by atoms with E-state index < -0.39 is 6.10 Å². The van der Waals surface area contributed by atoms with E-state index in [4.69, 9.17) is 9.47 Å². The maximum atomic E-state index is 13.1. The van der Waals surface area contributed by atoms with Crippen LogP contribution in [-0.2, 0) is 4.79 Å². The zero-order chi connectivity index (χ0) is 26.3. The van der Waals surface area contributed by atoms with Gasteiger partial charge in [0.25, 0.3) is 0 Å². The number of rotatable bonds is 9. The number of hydrogen-bond donors (Lipinski definition) is 0. The first-order chi connectivity index (χ1) is 18.6. The molecule has 1 unspecified atom stereocenters. The third-order valence-corrected chi connectivity index (χ3v) is 7.40. The van der Waals surface area contributed by atoms with E-state index in [0.29, 0.717) is 35.6 Å². The SMILES string of the molecule is COc1ccccc1OC(C)c1nnc(SCC(=O)N2CCN(c3ccccc3)CC2)n1-c1ccccc1. The van der Waals surface area contributed by atoms with Crippen LogP contribution in [0.4, 0.5) is 5.69 Å². The number of ether oxygens (including phenoxy) is 2. The Labute approximate surface area is 227 Å². The number of aromatic nitrogens is 3. The Morgan fingerprint density at radius 3 is 2.11 bits per heavy atom. The predicted molar refractivity (Wildman–Crippen MR) is 149 cm³/mol. The van der Waals surface area contributed by atoms with E-state index in [1.165, 1.54) is 17.4 Å². The van der Waals surface area contributed by atoms with Crippen LogP contribution < -0.4 is 14.4 Å². The molecule has 1 saturated heterocycles. The molecule has 1 aliphatic rings. The highest BCUT2D eigenvalue weighted by molar-refractivity contribution is 7.99. The summed E-state index contributed by atoms with van der Waals surface area (Å²) in [4.78, 5) is 17.4. The molecular weight excluding hydrogens is 498 g/mol. The maximum absolute atomic E-state index is 13.1. The highest BCUT2D eigenvalue weighted by Gasteiger charge is 2.25. The summed E-state index contributed by atoms with van der Waals surface area (Å²) in [7, 11) is 1.62. The second-order valence-electron chi connectivity index (χ2n) is 8.91. The number of thioether (sulfide) groups is 1. The van der Waals surface area contributed by atoms with Gasteiger partial charge in [-0.15, -0.1) is 10.2 Å². The van der Waals surface area contributed by atoms with E-state index in [2.05, 4.69) is 27.2 Å². The number of benzene rings is 3. The van der Waals surface area contributed by atoms with Gasteiger partial charge in [0.2, 0.25) is 5.91 Å². The van der Waals surface area contributed by atoms with Crippen LogP contribution in [0.3, 0.4) is 0 Å². The summed E-state index contributed by atoms with van der Waals surface area (Å²) < 4.78 is 13.6. The molecule has 196 valence electrons. The fraction of sp³-hybridized carbons (Fsp3) is 0.276. The molecule has 4 aromatic rings. The minimum absolute atomic E-state index is 0.102. The van der Waals surface area contributed by atoms with Gasteiger partial charge in [0, 0.05) is 37.6 Å². The molecule has 2 heterocycles. The molecule has 0 radical (unpaired) electrons. The number of anilines is 1. The molecule has 0 bridgehead atoms. The number of methoxy groups -OCH3 is 1. The van der Waals surface area contributed by atoms with Gasteiger partial charge in [-0.05, 0) is 43.3 Å². The molecule has 1 fully saturated rings. The van der Waals surface area contributed by atoms with Crippen molar-refractivity contribution in [3.63, 3.8) is 0 Å². The summed E-state index contributed by atoms with van der Waals surface area (Å²) in [6, 6.07) is 27.8. The Kier molecular flexibility index (Phi) is 8.13. The predicted octanol–water partition coefficient (Wildman–Crippen LogP) is 4.86. The van der Waals surface area contributed by atoms with Gasteiger partial charge in [-0.3, -0.25) is 9.36 Å². The standard InChI is InChI=1S/C29H31N5O3S/c1-22(37-26-16-10-9-15-25(26)36-2)28-30-31-29(34(28)24-13-7-4-8-14-24)38-21-27(35)33-19-17-32(18-20-33)23-11-5-3-6-12-23/h3-16,22H,17-21H2,1-2H3. The molecular formula is C29H31N5O3S. The third-order valence-electron chi connectivity index (χ3n) is 6.49. The van der Waals surface area contributed by atoms with Crippen LogP contribution in [-0.4, -0.2) is 64.6 Å². The molecule has 0 N–H and O–H groups in total. The van der Waals surface area contributed by atoms with Crippen molar-refractivity contribution in [2.24, 2.45) is 0 Å². The number of hydrogen-bond acceptors (Lipinski definition) is 7. The Bertz CT molecular complexity index is 1340. The summed E-state index contributed by atoms with van der Waals surface area (Å²) in [5, 5.41) is 9.58. The van der Waals surface area contributed by atoms with Crippen LogP contribution in [0.15, 0.2) is 90.1 Å². The van der Waals surface area contributed by atoms with Gasteiger partial charge in [0.05, 0.1) is 12.9 Å². The summed E-state index contributed by atoms with van der Waals surface area (Å²) in [5.41, 5.74) is 2.11. The van der Waals surface area contributed by atoms with E-state index in [1.54, 1.807) is 7.11 Å². The first-order valence-electron chi connectivity index (χ1n) is 12.6. The average Bonchev–Trinajstić information content (AvgIpc) is 3.41. The zero-order valence-electron chi connectivity index (χ0n) is 21.6. The number of carbonyl (C=O) groups is 1. The topological polar surface area (TPSA) is 72.7 Å². The summed E-state index contributed by atoms with van der Waals surface area (Å²) in [6.07, 6.45) is -0.407. The van der Waals surface area contributed by atoms with Crippen molar-refractivity contribution < 1.29 is 14.3 Å². The van der Waals surface area contributed by atoms with Crippen molar-refractivity contribution in [1.29, 1.82) is 0 Å². The molecule has 0 spiro atoms. The van der Waals surface area contributed by atoms with Crippen LogP contribution >= 0.6 is 11.8 Å². The Morgan fingerprint density at radius 2 is 1.45 bits per heavy atom. The molecule has 9 heteroatoms. The molecule has 0 aliphatic carbocycles. The molecule has 5 rings (SSSR count). The van der Waals surface area contributed by atoms with Gasteiger partial charge in [-0.2, -0.15) is 0 Å². The number of para-hydroxylation sites is 4. The first kappa shape index (κ1) is 25.7. The van der Waals surface area contributed by atoms with E-state index in [-0.39, 0.29) is 11.7 Å². The smallest absolute Gasteiger partial charge is 0.233 e. The van der Waals surface area contributed by atoms with Crippen LogP contribution in [0.5, 0.6) is 11.5 Å². The average molecular weight is 530 g/mol. The van der Waals surface area contributed by atoms with Gasteiger partial charge in [-0.1, -0.05) is 60.3 Å². The molecule has 1 aliphatic heterocycles. The summed E-state index contributed by atoms with van der Waals surface area (Å²) in [5.74, 6) is 2.32. The Balaban J connectivity index is 1.28. The highest BCUT2D eigenvalue weighted by Crippen LogP contribution is 2.32. The maximum Gasteiger partial charge on any atom is 0.233 e. The molecule has 1 amide bonds. The highest BCUT2D eigenvalue weighted by atomic mass is 32.2. The van der Waals surface area contributed by atoms with Crippen LogP contribution in [0, 0.1) is 0 Å². The second-order valence-corrected chi connectivity index (χ2v) is 9.86. The monoisotopic (exact) mass is 529 g/mol. The van der Waals surface area contributed by atoms with Crippen molar-refractivity contribution in [2.75, 3.05) is 43.9 Å². The zero-order valence-corrected chi connectivity index (χ0v) is 22.4. The van der Waals surface area contributed by atoms with Gasteiger partial charge in [0.15, 0.2) is 28.6 Å². The minimum Gasteiger partial charge on any atom is -0.493 e. The van der Waals surface area contributed by atoms with Gasteiger partial charge in [0.1, 0.15) is 0 Å². The van der Waals surface area contributed by atoms with Crippen LogP contribution in [0.1, 0.15) is 18.9 Å². The lowest BCUT2D eigenvalue weighted by molar-refractivity contribution is -0.128. The minimum atomic E-state index is -0.407. The third kappa shape index (κ3) is 5.78. The molecule has 3 aromatic carbocycles. The number of carbonyl (C=O) groups excluding carboxylic acids is 1. The van der Waals surface area contributed by atoms with Crippen molar-refractivity contribution in [3.05, 3.63) is 90.8 Å². The van der Waals surface area contributed by atoms with Crippen molar-refractivity contribution in [1.82, 2.24) is 19.7 Å². The Morgan fingerprint density at radius 1 is 0.842 bits per heavy atom. The fourth-order valence-electron chi connectivity index (χ4n) is 4.49. The lowest BCUT2D eigenvalue weighted by Crippen LogP contribution is -2.49. The molecule has 8 nitrogen and oxygen atoms in total. The van der Waals surface area contributed by atoms with E-state index in [0.717, 1.165) is 18.8 Å². The van der Waals surface area contributed by atoms with Crippen LogP contribution in [0.2, 0.25) is 0 Å². The van der Waals surface area contributed by atoms with Gasteiger partial charge in [-0.25, -0.2) is 0 Å². The molecule has 1 aromatic heterocycles. The molecule has 0 saturated carbocycles. The van der Waals surface area contributed by atoms with Crippen molar-refractivity contribution >= 4 is 23.4 Å². The molecule has 1 atom stereocenters. The van der Waals surface area contributed by atoms with Gasteiger partial charge < -0.3 is 19.3 Å². The lowest BCUT2D eigenvalue weighted by Gasteiger charge is -2.36. The summed E-state index contributed by atoms with van der Waals surface area (Å²) in [6.45, 7) is 4.98. The summed E-state index contributed by atoms with van der Waals surface area (Å²) >= 11 is 1.40. The fourth-order valence-corrected chi connectivity index (χ4v) is 5.35. The van der Waals surface area contributed by atoms with E-state index >= 15 is 0 Å². The Hall–Kier alpha value is -3.98. The normalized spacial score (nSPS) is 14.3. The van der Waals surface area contributed by atoms with E-state index in [9.17, 15) is 4.79 Å². The van der Waals surface area contributed by atoms with Crippen molar-refractivity contribution in [2.45, 2.75) is 18.2 Å². The van der Waals surface area contributed by atoms with E-state index in [1.807, 2.05) is 89.2 Å². The van der Waals surface area contributed by atoms with Gasteiger partial charge >= 0.3 is 0 Å².